The molecule has 21 heavy (non-hydrogen) atoms. The molecule has 8 heteroatoms. The third kappa shape index (κ3) is 3.74. The van der Waals surface area contributed by atoms with Crippen molar-refractivity contribution in [2.45, 2.75) is 4.90 Å². The zero-order valence-corrected chi connectivity index (χ0v) is 12.8. The van der Waals surface area contributed by atoms with Crippen LogP contribution in [0.4, 0.5) is 0 Å². The zero-order chi connectivity index (χ0) is 15.5. The molecule has 0 atom stereocenters. The number of hydrazine groups is 1. The number of halogens is 2. The van der Waals surface area contributed by atoms with E-state index in [-0.39, 0.29) is 20.5 Å². The smallest absolute Gasteiger partial charge is 0.267 e. The van der Waals surface area contributed by atoms with Crippen molar-refractivity contribution in [3.63, 3.8) is 0 Å². The fraction of sp³-hybridized carbons (Fsp3) is 0. The summed E-state index contributed by atoms with van der Waals surface area (Å²) < 4.78 is 24.1. The van der Waals surface area contributed by atoms with Gasteiger partial charge in [0, 0.05) is 0 Å². The molecule has 0 heterocycles. The number of carbonyl (C=O) groups is 1. The van der Waals surface area contributed by atoms with Crippen molar-refractivity contribution in [1.82, 2.24) is 10.3 Å². The SMILES string of the molecule is O=C(NNS(=O)(=O)c1ccccc1Cl)c1ccccc1Cl. The number of benzene rings is 2. The first-order chi connectivity index (χ1) is 9.92. The Morgan fingerprint density at radius 1 is 0.905 bits per heavy atom. The Morgan fingerprint density at radius 3 is 2.10 bits per heavy atom. The van der Waals surface area contributed by atoms with Crippen LogP contribution in [0.3, 0.4) is 0 Å². The molecule has 1 amide bonds. The summed E-state index contributed by atoms with van der Waals surface area (Å²) in [4.78, 5) is 13.7. The second kappa shape index (κ2) is 6.44. The van der Waals surface area contributed by atoms with E-state index < -0.39 is 15.9 Å². The Balaban J connectivity index is 2.15. The molecular weight excluding hydrogens is 335 g/mol. The number of hydrogen-bond donors (Lipinski definition) is 2. The van der Waals surface area contributed by atoms with E-state index in [0.29, 0.717) is 0 Å². The standard InChI is InChI=1S/C13H10Cl2N2O3S/c14-10-6-2-1-5-9(10)13(18)16-17-21(19,20)12-8-4-3-7-11(12)15/h1-8,17H,(H,16,18). The first-order valence-electron chi connectivity index (χ1n) is 5.73. The summed E-state index contributed by atoms with van der Waals surface area (Å²) >= 11 is 11.7. The molecule has 2 aromatic rings. The van der Waals surface area contributed by atoms with Crippen molar-refractivity contribution in [1.29, 1.82) is 0 Å². The minimum absolute atomic E-state index is 0.0528. The maximum Gasteiger partial charge on any atom is 0.267 e. The zero-order valence-electron chi connectivity index (χ0n) is 10.5. The molecule has 0 bridgehead atoms. The summed E-state index contributed by atoms with van der Waals surface area (Å²) in [5.41, 5.74) is 2.24. The lowest BCUT2D eigenvalue weighted by Crippen LogP contribution is -2.41. The van der Waals surface area contributed by atoms with E-state index in [1.165, 1.54) is 30.3 Å². The van der Waals surface area contributed by atoms with Crippen molar-refractivity contribution in [2.75, 3.05) is 0 Å². The fourth-order valence-electron chi connectivity index (χ4n) is 1.54. The highest BCUT2D eigenvalue weighted by Gasteiger charge is 2.19. The van der Waals surface area contributed by atoms with Crippen LogP contribution in [0.15, 0.2) is 53.4 Å². The molecule has 2 rings (SSSR count). The molecule has 0 saturated carbocycles. The second-order valence-corrected chi connectivity index (χ2v) is 6.44. The van der Waals surface area contributed by atoms with Crippen LogP contribution >= 0.6 is 23.2 Å². The topological polar surface area (TPSA) is 75.3 Å². The van der Waals surface area contributed by atoms with Crippen LogP contribution in [0.2, 0.25) is 10.0 Å². The summed E-state index contributed by atoms with van der Waals surface area (Å²) in [5.74, 6) is -0.670. The molecule has 0 saturated heterocycles. The molecule has 0 aromatic heterocycles. The van der Waals surface area contributed by atoms with Crippen molar-refractivity contribution in [3.05, 3.63) is 64.1 Å². The largest absolute Gasteiger partial charge is 0.273 e. The molecular formula is C13H10Cl2N2O3S. The normalized spacial score (nSPS) is 11.1. The van der Waals surface area contributed by atoms with Crippen LogP contribution in [0.5, 0.6) is 0 Å². The highest BCUT2D eigenvalue weighted by Crippen LogP contribution is 2.20. The summed E-state index contributed by atoms with van der Waals surface area (Å²) in [6, 6.07) is 12.2. The lowest BCUT2D eigenvalue weighted by atomic mass is 10.2. The van der Waals surface area contributed by atoms with E-state index in [2.05, 4.69) is 5.43 Å². The molecule has 0 aliphatic heterocycles. The summed E-state index contributed by atoms with van der Waals surface area (Å²) in [6.07, 6.45) is 0. The van der Waals surface area contributed by atoms with Gasteiger partial charge in [-0.2, -0.15) is 0 Å². The van der Waals surface area contributed by atoms with E-state index >= 15 is 0 Å². The van der Waals surface area contributed by atoms with E-state index in [0.717, 1.165) is 0 Å². The number of sulfonamides is 1. The molecule has 0 aliphatic rings. The van der Waals surface area contributed by atoms with Gasteiger partial charge in [-0.25, -0.2) is 8.42 Å². The van der Waals surface area contributed by atoms with Gasteiger partial charge in [-0.1, -0.05) is 47.5 Å². The maximum absolute atomic E-state index is 12.0. The van der Waals surface area contributed by atoms with E-state index in [4.69, 9.17) is 23.2 Å². The van der Waals surface area contributed by atoms with Crippen molar-refractivity contribution < 1.29 is 13.2 Å². The fourth-order valence-corrected chi connectivity index (χ4v) is 3.13. The van der Waals surface area contributed by atoms with E-state index in [1.54, 1.807) is 18.2 Å². The van der Waals surface area contributed by atoms with Crippen molar-refractivity contribution in [3.8, 4) is 0 Å². The molecule has 0 spiro atoms. The predicted octanol–water partition coefficient (Wildman–Crippen LogP) is 2.62. The monoisotopic (exact) mass is 344 g/mol. The number of carbonyl (C=O) groups excluding carboxylic acids is 1. The lowest BCUT2D eigenvalue weighted by Gasteiger charge is -2.10. The number of amides is 1. The van der Waals surface area contributed by atoms with Gasteiger partial charge in [-0.05, 0) is 24.3 Å². The highest BCUT2D eigenvalue weighted by molar-refractivity contribution is 7.89. The Hall–Kier alpha value is -1.60. The van der Waals surface area contributed by atoms with Gasteiger partial charge in [0.15, 0.2) is 0 Å². The Labute approximate surface area is 131 Å². The maximum atomic E-state index is 12.0. The first kappa shape index (κ1) is 15.8. The third-order valence-corrected chi connectivity index (χ3v) is 4.62. The van der Waals surface area contributed by atoms with Gasteiger partial charge in [-0.3, -0.25) is 10.2 Å². The van der Waals surface area contributed by atoms with E-state index in [1.807, 2.05) is 4.83 Å². The van der Waals surface area contributed by atoms with Crippen molar-refractivity contribution in [2.24, 2.45) is 0 Å². The van der Waals surface area contributed by atoms with Crippen LogP contribution in [0, 0.1) is 0 Å². The molecule has 0 unspecified atom stereocenters. The molecule has 0 fully saturated rings. The number of hydrogen-bond acceptors (Lipinski definition) is 3. The first-order valence-corrected chi connectivity index (χ1v) is 7.97. The van der Waals surface area contributed by atoms with Gasteiger partial charge < -0.3 is 0 Å². The predicted molar refractivity (Wildman–Crippen MR) is 80.7 cm³/mol. The summed E-state index contributed by atoms with van der Waals surface area (Å²) in [7, 11) is -3.96. The van der Waals surface area contributed by atoms with Crippen LogP contribution in [0.1, 0.15) is 10.4 Å². The van der Waals surface area contributed by atoms with Gasteiger partial charge in [-0.15, -0.1) is 4.83 Å². The molecule has 2 N–H and O–H groups in total. The van der Waals surface area contributed by atoms with Gasteiger partial charge >= 0.3 is 0 Å². The van der Waals surface area contributed by atoms with Crippen LogP contribution in [-0.4, -0.2) is 14.3 Å². The minimum atomic E-state index is -3.96. The lowest BCUT2D eigenvalue weighted by molar-refractivity contribution is 0.0945. The number of nitrogens with one attached hydrogen (secondary N) is 2. The van der Waals surface area contributed by atoms with Crippen LogP contribution in [0.25, 0.3) is 0 Å². The summed E-state index contributed by atoms with van der Waals surface area (Å²) in [5, 5.41) is 0.268. The average Bonchev–Trinajstić information content (AvgIpc) is 2.45. The van der Waals surface area contributed by atoms with Crippen LogP contribution in [-0.2, 0) is 10.0 Å². The third-order valence-electron chi connectivity index (χ3n) is 2.54. The Bertz CT molecular complexity index is 778. The quantitative estimate of drug-likeness (QED) is 0.837. The molecule has 5 nitrogen and oxygen atoms in total. The van der Waals surface area contributed by atoms with Gasteiger partial charge in [0.2, 0.25) is 0 Å². The van der Waals surface area contributed by atoms with Crippen molar-refractivity contribution >= 4 is 39.1 Å². The molecule has 0 aliphatic carbocycles. The molecule has 0 radical (unpaired) electrons. The second-order valence-electron chi connectivity index (χ2n) is 3.97. The van der Waals surface area contributed by atoms with E-state index in [9.17, 15) is 13.2 Å². The molecule has 2 aromatic carbocycles. The Morgan fingerprint density at radius 2 is 1.48 bits per heavy atom. The minimum Gasteiger partial charge on any atom is -0.273 e. The number of rotatable bonds is 4. The van der Waals surface area contributed by atoms with Gasteiger partial charge in [0.05, 0.1) is 15.6 Å². The van der Waals surface area contributed by atoms with Gasteiger partial charge in [0.1, 0.15) is 4.90 Å². The Kier molecular flexibility index (Phi) is 4.84. The average molecular weight is 345 g/mol. The molecule has 110 valence electrons. The van der Waals surface area contributed by atoms with Crippen LogP contribution < -0.4 is 10.3 Å². The summed E-state index contributed by atoms with van der Waals surface area (Å²) in [6.45, 7) is 0. The van der Waals surface area contributed by atoms with Gasteiger partial charge in [0.25, 0.3) is 15.9 Å². The highest BCUT2D eigenvalue weighted by atomic mass is 35.5.